The maximum atomic E-state index is 5.34. The molecule has 86 valence electrons. The lowest BCUT2D eigenvalue weighted by atomic mass is 9.99. The second-order valence-electron chi connectivity index (χ2n) is 3.97. The Balaban J connectivity index is 3.28. The SMILES string of the molecule is C=N/C=N\c1c(C)cc(C(C)C)cc1OC. The van der Waals surface area contributed by atoms with Crippen molar-refractivity contribution in [3.05, 3.63) is 23.3 Å². The maximum absolute atomic E-state index is 5.34. The van der Waals surface area contributed by atoms with Crippen LogP contribution in [0.3, 0.4) is 0 Å². The van der Waals surface area contributed by atoms with Crippen LogP contribution in [-0.2, 0) is 0 Å². The topological polar surface area (TPSA) is 34.0 Å². The molecule has 1 aromatic rings. The summed E-state index contributed by atoms with van der Waals surface area (Å²) in [7, 11) is 1.65. The standard InChI is InChI=1S/C13H18N2O/c1-9(2)11-6-10(3)13(15-8-14-4)12(7-11)16-5/h6-9H,4H2,1-3,5H3/b15-8-. The number of methoxy groups -OCH3 is 1. The minimum Gasteiger partial charge on any atom is -0.494 e. The molecule has 0 spiro atoms. The van der Waals surface area contributed by atoms with Crippen LogP contribution in [0.25, 0.3) is 0 Å². The second-order valence-corrected chi connectivity index (χ2v) is 3.97. The third-order valence-electron chi connectivity index (χ3n) is 2.44. The molecule has 0 atom stereocenters. The van der Waals surface area contributed by atoms with Gasteiger partial charge in [-0.1, -0.05) is 19.9 Å². The quantitative estimate of drug-likeness (QED) is 0.562. The number of aryl methyl sites for hydroxylation is 1. The summed E-state index contributed by atoms with van der Waals surface area (Å²) >= 11 is 0. The summed E-state index contributed by atoms with van der Waals surface area (Å²) in [4.78, 5) is 7.82. The largest absolute Gasteiger partial charge is 0.494 e. The van der Waals surface area contributed by atoms with E-state index in [4.69, 9.17) is 4.74 Å². The highest BCUT2D eigenvalue weighted by atomic mass is 16.5. The van der Waals surface area contributed by atoms with E-state index < -0.39 is 0 Å². The zero-order valence-corrected chi connectivity index (χ0v) is 10.3. The second kappa shape index (κ2) is 5.45. The molecule has 0 heterocycles. The van der Waals surface area contributed by atoms with Gasteiger partial charge in [0.15, 0.2) is 0 Å². The van der Waals surface area contributed by atoms with E-state index in [1.165, 1.54) is 11.9 Å². The molecule has 0 amide bonds. The highest BCUT2D eigenvalue weighted by Gasteiger charge is 2.09. The molecule has 0 aliphatic carbocycles. The number of nitrogens with zero attached hydrogens (tertiary/aromatic N) is 2. The van der Waals surface area contributed by atoms with Crippen LogP contribution in [0.1, 0.15) is 30.9 Å². The third kappa shape index (κ3) is 2.69. The molecule has 16 heavy (non-hydrogen) atoms. The van der Waals surface area contributed by atoms with Crippen molar-refractivity contribution in [2.45, 2.75) is 26.7 Å². The fraction of sp³-hybridized carbons (Fsp3) is 0.385. The predicted molar refractivity (Wildman–Crippen MR) is 69.5 cm³/mol. The fourth-order valence-electron chi connectivity index (χ4n) is 1.53. The van der Waals surface area contributed by atoms with Gasteiger partial charge in [-0.05, 0) is 36.8 Å². The summed E-state index contributed by atoms with van der Waals surface area (Å²) in [6.07, 6.45) is 1.43. The van der Waals surface area contributed by atoms with Gasteiger partial charge < -0.3 is 4.74 Å². The molecule has 0 saturated heterocycles. The van der Waals surface area contributed by atoms with Gasteiger partial charge >= 0.3 is 0 Å². The summed E-state index contributed by atoms with van der Waals surface area (Å²) in [5.74, 6) is 1.26. The van der Waals surface area contributed by atoms with Crippen LogP contribution in [0, 0.1) is 6.92 Å². The Labute approximate surface area is 96.9 Å². The van der Waals surface area contributed by atoms with E-state index in [0.717, 1.165) is 17.0 Å². The van der Waals surface area contributed by atoms with Crippen LogP contribution >= 0.6 is 0 Å². The lowest BCUT2D eigenvalue weighted by Crippen LogP contribution is -1.93. The van der Waals surface area contributed by atoms with Crippen LogP contribution in [0.5, 0.6) is 5.75 Å². The number of aliphatic imine (C=N–C) groups is 2. The molecule has 0 aliphatic rings. The first kappa shape index (κ1) is 12.4. The normalized spacial score (nSPS) is 11.1. The van der Waals surface area contributed by atoms with Gasteiger partial charge in [0.2, 0.25) is 0 Å². The van der Waals surface area contributed by atoms with E-state index in [0.29, 0.717) is 5.92 Å². The van der Waals surface area contributed by atoms with Crippen LogP contribution < -0.4 is 4.74 Å². The lowest BCUT2D eigenvalue weighted by molar-refractivity contribution is 0.415. The average Bonchev–Trinajstić information content (AvgIpc) is 2.26. The van der Waals surface area contributed by atoms with E-state index in [2.05, 4.69) is 36.6 Å². The van der Waals surface area contributed by atoms with Crippen molar-refractivity contribution in [1.82, 2.24) is 0 Å². The summed E-state index contributed by atoms with van der Waals surface area (Å²) in [5, 5.41) is 0. The van der Waals surface area contributed by atoms with Crippen molar-refractivity contribution < 1.29 is 4.74 Å². The number of hydrogen-bond donors (Lipinski definition) is 0. The summed E-state index contributed by atoms with van der Waals surface area (Å²) < 4.78 is 5.34. The molecular formula is C13H18N2O. The monoisotopic (exact) mass is 218 g/mol. The first-order chi connectivity index (χ1) is 7.60. The number of rotatable bonds is 4. The van der Waals surface area contributed by atoms with Gasteiger partial charge in [0, 0.05) is 0 Å². The van der Waals surface area contributed by atoms with Crippen molar-refractivity contribution in [2.75, 3.05) is 7.11 Å². The van der Waals surface area contributed by atoms with Gasteiger partial charge in [0.05, 0.1) is 7.11 Å². The molecule has 0 N–H and O–H groups in total. The smallest absolute Gasteiger partial charge is 0.145 e. The summed E-state index contributed by atoms with van der Waals surface area (Å²) in [6.45, 7) is 9.70. The Morgan fingerprint density at radius 3 is 2.56 bits per heavy atom. The molecule has 0 bridgehead atoms. The molecule has 0 radical (unpaired) electrons. The number of benzene rings is 1. The Hall–Kier alpha value is -1.64. The fourth-order valence-corrected chi connectivity index (χ4v) is 1.53. The van der Waals surface area contributed by atoms with Crippen molar-refractivity contribution in [3.8, 4) is 5.75 Å². The van der Waals surface area contributed by atoms with Gasteiger partial charge in [-0.25, -0.2) is 4.99 Å². The Bertz CT molecular complexity index is 409. The van der Waals surface area contributed by atoms with Crippen molar-refractivity contribution >= 4 is 18.7 Å². The third-order valence-corrected chi connectivity index (χ3v) is 2.44. The molecular weight excluding hydrogens is 200 g/mol. The average molecular weight is 218 g/mol. The van der Waals surface area contributed by atoms with Gasteiger partial charge in [-0.2, -0.15) is 0 Å². The molecule has 0 aromatic heterocycles. The first-order valence-electron chi connectivity index (χ1n) is 5.27. The predicted octanol–water partition coefficient (Wildman–Crippen LogP) is 3.49. The van der Waals surface area contributed by atoms with Crippen LogP contribution in [0.15, 0.2) is 22.1 Å². The summed E-state index contributed by atoms with van der Waals surface area (Å²) in [5.41, 5.74) is 3.15. The zero-order valence-electron chi connectivity index (χ0n) is 10.3. The zero-order chi connectivity index (χ0) is 12.1. The van der Waals surface area contributed by atoms with Crippen molar-refractivity contribution in [3.63, 3.8) is 0 Å². The summed E-state index contributed by atoms with van der Waals surface area (Å²) in [6, 6.07) is 4.15. The van der Waals surface area contributed by atoms with E-state index in [-0.39, 0.29) is 0 Å². The maximum Gasteiger partial charge on any atom is 0.145 e. The van der Waals surface area contributed by atoms with E-state index in [1.54, 1.807) is 7.11 Å². The van der Waals surface area contributed by atoms with Crippen molar-refractivity contribution in [2.24, 2.45) is 9.98 Å². The Morgan fingerprint density at radius 1 is 1.38 bits per heavy atom. The van der Waals surface area contributed by atoms with E-state index >= 15 is 0 Å². The van der Waals surface area contributed by atoms with Gasteiger partial charge in [0.1, 0.15) is 17.8 Å². The van der Waals surface area contributed by atoms with Crippen molar-refractivity contribution in [1.29, 1.82) is 0 Å². The molecule has 1 rings (SSSR count). The molecule has 0 fully saturated rings. The number of hydrogen-bond acceptors (Lipinski definition) is 2. The number of ether oxygens (including phenoxy) is 1. The highest BCUT2D eigenvalue weighted by Crippen LogP contribution is 2.34. The minimum absolute atomic E-state index is 0.475. The molecule has 3 nitrogen and oxygen atoms in total. The molecule has 0 saturated carbocycles. The van der Waals surface area contributed by atoms with Gasteiger partial charge in [-0.15, -0.1) is 0 Å². The van der Waals surface area contributed by atoms with Gasteiger partial charge in [-0.3, -0.25) is 4.99 Å². The lowest BCUT2D eigenvalue weighted by Gasteiger charge is -2.12. The molecule has 1 aromatic carbocycles. The van der Waals surface area contributed by atoms with Crippen LogP contribution in [-0.4, -0.2) is 20.2 Å². The van der Waals surface area contributed by atoms with Crippen LogP contribution in [0.2, 0.25) is 0 Å². The minimum atomic E-state index is 0.475. The van der Waals surface area contributed by atoms with E-state index in [1.807, 2.05) is 13.0 Å². The molecule has 3 heteroatoms. The van der Waals surface area contributed by atoms with Gasteiger partial charge in [0.25, 0.3) is 0 Å². The molecule has 0 aliphatic heterocycles. The van der Waals surface area contributed by atoms with E-state index in [9.17, 15) is 0 Å². The highest BCUT2D eigenvalue weighted by molar-refractivity contribution is 5.71. The Kier molecular flexibility index (Phi) is 4.23. The van der Waals surface area contributed by atoms with Crippen LogP contribution in [0.4, 0.5) is 5.69 Å². The first-order valence-corrected chi connectivity index (χ1v) is 5.27. The Morgan fingerprint density at radius 2 is 2.06 bits per heavy atom. The molecule has 0 unspecified atom stereocenters.